The van der Waals surface area contributed by atoms with Gasteiger partial charge in [0.15, 0.2) is 11.9 Å². The minimum absolute atomic E-state index is 0.203. The first-order valence-corrected chi connectivity index (χ1v) is 8.95. The Morgan fingerprint density at radius 3 is 3.04 bits per heavy atom. The molecule has 0 spiro atoms. The number of hydrogen-bond acceptors (Lipinski definition) is 4. The molecule has 2 aromatic carbocycles. The number of nitrogens with zero attached hydrogens (tertiary/aromatic N) is 2. The number of rotatable bonds is 4. The summed E-state index contributed by atoms with van der Waals surface area (Å²) >= 11 is 1.56. The summed E-state index contributed by atoms with van der Waals surface area (Å²) in [5.41, 5.74) is 3.84. The van der Waals surface area contributed by atoms with Gasteiger partial charge in [-0.05, 0) is 30.7 Å². The van der Waals surface area contributed by atoms with E-state index in [0.29, 0.717) is 12.4 Å². The smallest absolute Gasteiger partial charge is 0.189 e. The molecule has 0 saturated carbocycles. The topological polar surface area (TPSA) is 36.3 Å². The molecule has 0 atom stereocenters. The van der Waals surface area contributed by atoms with Crippen LogP contribution in [-0.4, -0.2) is 16.3 Å². The standard InChI is InChI=1S/C19H17FN2O2S/c1-13-4-2-3-5-17(13)22-7-6-21-19(22)25-11-15-9-16(20)8-14-10-23-12-24-18(14)15/h2-9H,10-12H2,1H3. The molecule has 6 heteroatoms. The van der Waals surface area contributed by atoms with Gasteiger partial charge in [0.05, 0.1) is 12.3 Å². The second-order valence-electron chi connectivity index (χ2n) is 5.82. The first-order chi connectivity index (χ1) is 12.2. The van der Waals surface area contributed by atoms with E-state index in [2.05, 4.69) is 28.6 Å². The molecule has 0 amide bonds. The summed E-state index contributed by atoms with van der Waals surface area (Å²) in [6.07, 6.45) is 3.72. The molecule has 4 rings (SSSR count). The molecule has 4 nitrogen and oxygen atoms in total. The van der Waals surface area contributed by atoms with Gasteiger partial charge < -0.3 is 9.47 Å². The molecule has 1 aliphatic rings. The largest absolute Gasteiger partial charge is 0.467 e. The van der Waals surface area contributed by atoms with Crippen molar-refractivity contribution in [2.75, 3.05) is 6.79 Å². The Morgan fingerprint density at radius 2 is 2.16 bits per heavy atom. The van der Waals surface area contributed by atoms with Crippen LogP contribution in [0.5, 0.6) is 5.75 Å². The fraction of sp³-hybridized carbons (Fsp3) is 0.211. The molecule has 3 aromatic rings. The third-order valence-electron chi connectivity index (χ3n) is 4.09. The Morgan fingerprint density at radius 1 is 1.28 bits per heavy atom. The summed E-state index contributed by atoms with van der Waals surface area (Å²) in [6, 6.07) is 11.1. The number of thioether (sulfide) groups is 1. The van der Waals surface area contributed by atoms with Gasteiger partial charge in [0, 0.05) is 29.3 Å². The zero-order valence-electron chi connectivity index (χ0n) is 13.7. The Labute approximate surface area is 149 Å². The minimum atomic E-state index is -0.273. The van der Waals surface area contributed by atoms with Crippen molar-refractivity contribution in [2.24, 2.45) is 0 Å². The third kappa shape index (κ3) is 3.27. The number of ether oxygens (including phenoxy) is 2. The van der Waals surface area contributed by atoms with Crippen LogP contribution in [0.2, 0.25) is 0 Å². The maximum atomic E-state index is 13.9. The van der Waals surface area contributed by atoms with Crippen LogP contribution in [-0.2, 0) is 17.1 Å². The van der Waals surface area contributed by atoms with Crippen molar-refractivity contribution < 1.29 is 13.9 Å². The first-order valence-electron chi connectivity index (χ1n) is 7.96. The Balaban J connectivity index is 1.61. The van der Waals surface area contributed by atoms with Crippen LogP contribution in [0.3, 0.4) is 0 Å². The van der Waals surface area contributed by atoms with Crippen LogP contribution in [0, 0.1) is 12.7 Å². The number of aryl methyl sites for hydroxylation is 1. The molecule has 128 valence electrons. The van der Waals surface area contributed by atoms with Gasteiger partial charge in [-0.15, -0.1) is 0 Å². The number of para-hydroxylation sites is 1. The second kappa shape index (κ2) is 6.90. The molecule has 0 fully saturated rings. The maximum absolute atomic E-state index is 13.9. The third-order valence-corrected chi connectivity index (χ3v) is 5.11. The quantitative estimate of drug-likeness (QED) is 0.646. The zero-order chi connectivity index (χ0) is 17.2. The van der Waals surface area contributed by atoms with E-state index in [1.54, 1.807) is 18.0 Å². The van der Waals surface area contributed by atoms with Gasteiger partial charge in [-0.3, -0.25) is 4.57 Å². The number of imidazole rings is 1. The molecule has 0 unspecified atom stereocenters. The summed E-state index contributed by atoms with van der Waals surface area (Å²) in [5.74, 6) is 1.03. The Kier molecular flexibility index (Phi) is 4.46. The van der Waals surface area contributed by atoms with Crippen molar-refractivity contribution in [2.45, 2.75) is 24.4 Å². The average Bonchev–Trinajstić information content (AvgIpc) is 3.08. The summed E-state index contributed by atoms with van der Waals surface area (Å²) in [5, 5.41) is 0.861. The SMILES string of the molecule is Cc1ccccc1-n1ccnc1SCc1cc(F)cc2c1OCOC2. The van der Waals surface area contributed by atoms with Crippen LogP contribution in [0.1, 0.15) is 16.7 Å². The molecule has 25 heavy (non-hydrogen) atoms. The summed E-state index contributed by atoms with van der Waals surface area (Å²) < 4.78 is 26.7. The Bertz CT molecular complexity index is 910. The molecule has 0 N–H and O–H groups in total. The van der Waals surface area contributed by atoms with E-state index < -0.39 is 0 Å². The monoisotopic (exact) mass is 356 g/mol. The second-order valence-corrected chi connectivity index (χ2v) is 6.76. The molecule has 0 bridgehead atoms. The number of halogens is 1. The first kappa shape index (κ1) is 16.2. The van der Waals surface area contributed by atoms with Gasteiger partial charge in [-0.1, -0.05) is 30.0 Å². The highest BCUT2D eigenvalue weighted by atomic mass is 32.2. The van der Waals surface area contributed by atoms with Crippen molar-refractivity contribution in [3.63, 3.8) is 0 Å². The molecule has 0 aliphatic carbocycles. The van der Waals surface area contributed by atoms with Gasteiger partial charge in [0.1, 0.15) is 11.6 Å². The molecular weight excluding hydrogens is 339 g/mol. The van der Waals surface area contributed by atoms with Gasteiger partial charge in [0.2, 0.25) is 0 Å². The normalized spacial score (nSPS) is 13.4. The van der Waals surface area contributed by atoms with Crippen molar-refractivity contribution in [3.8, 4) is 11.4 Å². The van der Waals surface area contributed by atoms with E-state index in [-0.39, 0.29) is 12.6 Å². The molecule has 0 radical (unpaired) electrons. The molecule has 0 saturated heterocycles. The van der Waals surface area contributed by atoms with Crippen LogP contribution in [0.15, 0.2) is 53.9 Å². The molecule has 2 heterocycles. The highest BCUT2D eigenvalue weighted by Gasteiger charge is 2.18. The fourth-order valence-electron chi connectivity index (χ4n) is 2.92. The van der Waals surface area contributed by atoms with Crippen molar-refractivity contribution in [1.29, 1.82) is 0 Å². The van der Waals surface area contributed by atoms with E-state index >= 15 is 0 Å². The lowest BCUT2D eigenvalue weighted by atomic mass is 10.1. The maximum Gasteiger partial charge on any atom is 0.189 e. The number of hydrogen-bond donors (Lipinski definition) is 0. The minimum Gasteiger partial charge on any atom is -0.467 e. The number of aromatic nitrogens is 2. The lowest BCUT2D eigenvalue weighted by Crippen LogP contribution is -2.13. The van der Waals surface area contributed by atoms with Crippen molar-refractivity contribution in [3.05, 3.63) is 71.3 Å². The summed E-state index contributed by atoms with van der Waals surface area (Å²) in [7, 11) is 0. The van der Waals surface area contributed by atoms with Crippen molar-refractivity contribution >= 4 is 11.8 Å². The average molecular weight is 356 g/mol. The van der Waals surface area contributed by atoms with E-state index in [4.69, 9.17) is 9.47 Å². The highest BCUT2D eigenvalue weighted by Crippen LogP contribution is 2.34. The van der Waals surface area contributed by atoms with Gasteiger partial charge >= 0.3 is 0 Å². The number of benzene rings is 2. The van der Waals surface area contributed by atoms with Crippen LogP contribution in [0.4, 0.5) is 4.39 Å². The van der Waals surface area contributed by atoms with E-state index in [0.717, 1.165) is 27.7 Å². The van der Waals surface area contributed by atoms with E-state index in [1.165, 1.54) is 17.7 Å². The van der Waals surface area contributed by atoms with Crippen LogP contribution >= 0.6 is 11.8 Å². The van der Waals surface area contributed by atoms with Gasteiger partial charge in [0.25, 0.3) is 0 Å². The predicted molar refractivity (Wildman–Crippen MR) is 94.5 cm³/mol. The fourth-order valence-corrected chi connectivity index (χ4v) is 3.85. The molecular formula is C19H17FN2O2S. The van der Waals surface area contributed by atoms with E-state index in [9.17, 15) is 4.39 Å². The van der Waals surface area contributed by atoms with Gasteiger partial charge in [-0.25, -0.2) is 9.37 Å². The predicted octanol–water partition coefficient (Wildman–Crippen LogP) is 4.48. The van der Waals surface area contributed by atoms with E-state index in [1.807, 2.05) is 18.3 Å². The Hall–Kier alpha value is -2.31. The molecule has 1 aliphatic heterocycles. The zero-order valence-corrected chi connectivity index (χ0v) is 14.6. The summed E-state index contributed by atoms with van der Waals surface area (Å²) in [6.45, 7) is 2.65. The molecule has 1 aromatic heterocycles. The summed E-state index contributed by atoms with van der Waals surface area (Å²) in [4.78, 5) is 4.45. The van der Waals surface area contributed by atoms with Crippen LogP contribution in [0.25, 0.3) is 5.69 Å². The van der Waals surface area contributed by atoms with Crippen molar-refractivity contribution in [1.82, 2.24) is 9.55 Å². The van der Waals surface area contributed by atoms with Gasteiger partial charge in [-0.2, -0.15) is 0 Å². The van der Waals surface area contributed by atoms with Crippen LogP contribution < -0.4 is 4.74 Å². The highest BCUT2D eigenvalue weighted by molar-refractivity contribution is 7.98. The lowest BCUT2D eigenvalue weighted by Gasteiger charge is -2.20. The lowest BCUT2D eigenvalue weighted by molar-refractivity contribution is -0.0171. The number of fused-ring (bicyclic) bond motifs is 1.